The van der Waals surface area contributed by atoms with Gasteiger partial charge in [0.2, 0.25) is 0 Å². The highest BCUT2D eigenvalue weighted by atomic mass is 16.4. The summed E-state index contributed by atoms with van der Waals surface area (Å²) < 4.78 is 0. The molecule has 2 N–H and O–H groups in total. The van der Waals surface area contributed by atoms with Gasteiger partial charge in [-0.25, -0.2) is 4.79 Å². The minimum atomic E-state index is -1.03. The lowest BCUT2D eigenvalue weighted by Crippen LogP contribution is -2.35. The number of fused-ring (bicyclic) bond motifs is 1. The summed E-state index contributed by atoms with van der Waals surface area (Å²) in [5.74, 6) is -1.26. The van der Waals surface area contributed by atoms with Crippen molar-refractivity contribution in [3.05, 3.63) is 70.8 Å². The number of carboxylic acids is 1. The number of carboxylic acid groups (broad SMARTS) is 1. The Balaban J connectivity index is 1.71. The predicted molar refractivity (Wildman–Crippen MR) is 78.5 cm³/mol. The van der Waals surface area contributed by atoms with E-state index in [0.717, 1.165) is 12.8 Å². The highest BCUT2D eigenvalue weighted by Gasteiger charge is 2.23. The molecule has 0 saturated carbocycles. The lowest BCUT2D eigenvalue weighted by molar-refractivity contribution is 0.0697. The van der Waals surface area contributed by atoms with Crippen molar-refractivity contribution in [1.29, 1.82) is 0 Å². The van der Waals surface area contributed by atoms with Gasteiger partial charge in [-0.1, -0.05) is 30.3 Å². The number of rotatable bonds is 3. The van der Waals surface area contributed by atoms with Crippen LogP contribution in [0.25, 0.3) is 0 Å². The number of aromatic carboxylic acids is 1. The Morgan fingerprint density at radius 2 is 1.57 bits per heavy atom. The van der Waals surface area contributed by atoms with Gasteiger partial charge in [-0.3, -0.25) is 4.79 Å². The molecule has 0 aliphatic heterocycles. The van der Waals surface area contributed by atoms with Crippen LogP contribution in [0.1, 0.15) is 31.8 Å². The molecule has 106 valence electrons. The molecule has 21 heavy (non-hydrogen) atoms. The maximum atomic E-state index is 12.2. The topological polar surface area (TPSA) is 66.4 Å². The average Bonchev–Trinajstić information content (AvgIpc) is 2.89. The third-order valence-electron chi connectivity index (χ3n) is 3.76. The van der Waals surface area contributed by atoms with E-state index in [1.807, 2.05) is 12.1 Å². The zero-order valence-corrected chi connectivity index (χ0v) is 11.4. The molecule has 0 saturated heterocycles. The fourth-order valence-electron chi connectivity index (χ4n) is 2.72. The normalized spacial score (nSPS) is 13.7. The second-order valence-corrected chi connectivity index (χ2v) is 5.23. The molecule has 1 aliphatic rings. The second-order valence-electron chi connectivity index (χ2n) is 5.23. The molecular formula is C17H15NO3. The first-order chi connectivity index (χ1) is 10.1. The largest absolute Gasteiger partial charge is 0.478 e. The molecule has 2 aromatic carbocycles. The molecule has 1 amide bonds. The molecule has 0 unspecified atom stereocenters. The van der Waals surface area contributed by atoms with E-state index in [2.05, 4.69) is 17.4 Å². The molecule has 0 atom stereocenters. The first-order valence-electron chi connectivity index (χ1n) is 6.84. The smallest absolute Gasteiger partial charge is 0.335 e. The minimum absolute atomic E-state index is 0.0726. The van der Waals surface area contributed by atoms with Gasteiger partial charge in [0.15, 0.2) is 0 Å². The van der Waals surface area contributed by atoms with Gasteiger partial charge >= 0.3 is 5.97 Å². The summed E-state index contributed by atoms with van der Waals surface area (Å²) in [6, 6.07) is 14.3. The van der Waals surface area contributed by atoms with E-state index in [1.54, 1.807) is 12.1 Å². The highest BCUT2D eigenvalue weighted by molar-refractivity contribution is 5.97. The summed E-state index contributed by atoms with van der Waals surface area (Å²) in [6.07, 6.45) is 1.64. The van der Waals surface area contributed by atoms with Crippen molar-refractivity contribution in [1.82, 2.24) is 5.32 Å². The van der Waals surface area contributed by atoms with Crippen LogP contribution in [0.15, 0.2) is 48.5 Å². The van der Waals surface area contributed by atoms with Crippen LogP contribution in [0.5, 0.6) is 0 Å². The number of nitrogens with one attached hydrogen (secondary N) is 1. The maximum absolute atomic E-state index is 12.2. The Morgan fingerprint density at radius 3 is 2.19 bits per heavy atom. The average molecular weight is 281 g/mol. The third-order valence-corrected chi connectivity index (χ3v) is 3.76. The molecule has 0 heterocycles. The van der Waals surface area contributed by atoms with Crippen LogP contribution >= 0.6 is 0 Å². The molecule has 4 nitrogen and oxygen atoms in total. The van der Waals surface area contributed by atoms with E-state index >= 15 is 0 Å². The Bertz CT molecular complexity index is 684. The van der Waals surface area contributed by atoms with E-state index < -0.39 is 5.97 Å². The summed E-state index contributed by atoms with van der Waals surface area (Å²) in [6.45, 7) is 0. The van der Waals surface area contributed by atoms with Gasteiger partial charge in [-0.15, -0.1) is 0 Å². The van der Waals surface area contributed by atoms with Gasteiger partial charge in [0, 0.05) is 11.6 Å². The number of carbonyl (C=O) groups excluding carboxylic acids is 1. The van der Waals surface area contributed by atoms with E-state index in [-0.39, 0.29) is 17.5 Å². The zero-order chi connectivity index (χ0) is 14.8. The molecule has 3 rings (SSSR count). The van der Waals surface area contributed by atoms with Crippen molar-refractivity contribution in [3.8, 4) is 0 Å². The fraction of sp³-hybridized carbons (Fsp3) is 0.176. The Hall–Kier alpha value is -2.62. The van der Waals surface area contributed by atoms with Crippen molar-refractivity contribution in [2.45, 2.75) is 18.9 Å². The first-order valence-corrected chi connectivity index (χ1v) is 6.84. The summed E-state index contributed by atoms with van der Waals surface area (Å²) in [5, 5.41) is 11.9. The number of hydrogen-bond donors (Lipinski definition) is 2. The van der Waals surface area contributed by atoms with Gasteiger partial charge in [0.25, 0.3) is 5.91 Å². The van der Waals surface area contributed by atoms with Crippen molar-refractivity contribution in [2.24, 2.45) is 0 Å². The summed E-state index contributed by atoms with van der Waals surface area (Å²) >= 11 is 0. The van der Waals surface area contributed by atoms with E-state index in [0.29, 0.717) is 5.56 Å². The number of hydrogen-bond acceptors (Lipinski definition) is 2. The second kappa shape index (κ2) is 5.40. The quantitative estimate of drug-likeness (QED) is 0.907. The van der Waals surface area contributed by atoms with Gasteiger partial charge in [-0.05, 0) is 42.2 Å². The van der Waals surface area contributed by atoms with Crippen LogP contribution in [0.2, 0.25) is 0 Å². The Labute approximate surface area is 122 Å². The molecule has 0 aromatic heterocycles. The molecule has 0 spiro atoms. The monoisotopic (exact) mass is 281 g/mol. The lowest BCUT2D eigenvalue weighted by atomic mass is 10.1. The Morgan fingerprint density at radius 1 is 0.952 bits per heavy atom. The predicted octanol–water partition coefficient (Wildman–Crippen LogP) is 2.28. The van der Waals surface area contributed by atoms with Crippen LogP contribution in [-0.4, -0.2) is 23.0 Å². The van der Waals surface area contributed by atoms with Crippen molar-refractivity contribution >= 4 is 11.9 Å². The molecule has 0 fully saturated rings. The molecule has 2 aromatic rings. The Kier molecular flexibility index (Phi) is 3.44. The SMILES string of the molecule is O=C(O)c1cccc(C(=O)NC2Cc3ccccc3C2)c1. The zero-order valence-electron chi connectivity index (χ0n) is 11.4. The number of carbonyl (C=O) groups is 2. The first kappa shape index (κ1) is 13.4. The summed E-state index contributed by atoms with van der Waals surface area (Å²) in [4.78, 5) is 23.2. The third kappa shape index (κ3) is 2.79. The van der Waals surface area contributed by atoms with Crippen LogP contribution in [0.3, 0.4) is 0 Å². The van der Waals surface area contributed by atoms with Crippen molar-refractivity contribution < 1.29 is 14.7 Å². The summed E-state index contributed by atoms with van der Waals surface area (Å²) in [7, 11) is 0. The van der Waals surface area contributed by atoms with E-state index in [1.165, 1.54) is 23.3 Å². The standard InChI is InChI=1S/C17H15NO3/c19-16(13-6-3-7-14(8-13)17(20)21)18-15-9-11-4-1-2-5-12(11)10-15/h1-8,15H,9-10H2,(H,18,19)(H,20,21). The lowest BCUT2D eigenvalue weighted by Gasteiger charge is -2.12. The molecule has 4 heteroatoms. The van der Waals surface area contributed by atoms with Crippen LogP contribution in [-0.2, 0) is 12.8 Å². The van der Waals surface area contributed by atoms with Crippen LogP contribution < -0.4 is 5.32 Å². The molecular weight excluding hydrogens is 266 g/mol. The highest BCUT2D eigenvalue weighted by Crippen LogP contribution is 2.21. The van der Waals surface area contributed by atoms with Gasteiger partial charge in [0.05, 0.1) is 5.56 Å². The molecule has 0 bridgehead atoms. The number of amides is 1. The molecule has 1 aliphatic carbocycles. The number of benzene rings is 2. The van der Waals surface area contributed by atoms with E-state index in [4.69, 9.17) is 5.11 Å². The van der Waals surface area contributed by atoms with E-state index in [9.17, 15) is 9.59 Å². The van der Waals surface area contributed by atoms with Gasteiger partial charge in [-0.2, -0.15) is 0 Å². The van der Waals surface area contributed by atoms with Crippen molar-refractivity contribution in [3.63, 3.8) is 0 Å². The fourth-order valence-corrected chi connectivity index (χ4v) is 2.72. The van der Waals surface area contributed by atoms with Gasteiger partial charge < -0.3 is 10.4 Å². The summed E-state index contributed by atoms with van der Waals surface area (Å²) in [5.41, 5.74) is 3.03. The maximum Gasteiger partial charge on any atom is 0.335 e. The van der Waals surface area contributed by atoms with Crippen molar-refractivity contribution in [2.75, 3.05) is 0 Å². The minimum Gasteiger partial charge on any atom is -0.478 e. The van der Waals surface area contributed by atoms with Crippen LogP contribution in [0, 0.1) is 0 Å². The van der Waals surface area contributed by atoms with Crippen LogP contribution in [0.4, 0.5) is 0 Å². The van der Waals surface area contributed by atoms with Gasteiger partial charge in [0.1, 0.15) is 0 Å². The molecule has 0 radical (unpaired) electrons.